The van der Waals surface area contributed by atoms with Gasteiger partial charge in [0.05, 0.1) is 28.8 Å². The standard InChI is InChI=1S/C25H28ClN3O5/c1-4-13-29-16(2)21(24(31)34-15-14-33-3)22(28-25(29)32)17-9-11-18(12-10-17)27-23(30)19-7-5-6-8-20(19)26/h5-12,22H,4,13-15H2,1-3H3,(H,27,30)(H,28,32). The monoisotopic (exact) mass is 485 g/mol. The number of hydrogen-bond donors (Lipinski definition) is 2. The van der Waals surface area contributed by atoms with Gasteiger partial charge in [0.25, 0.3) is 5.91 Å². The number of allylic oxidation sites excluding steroid dienone is 1. The molecule has 0 saturated heterocycles. The van der Waals surface area contributed by atoms with Gasteiger partial charge in [-0.15, -0.1) is 0 Å². The van der Waals surface area contributed by atoms with Crippen molar-refractivity contribution in [2.75, 3.05) is 32.2 Å². The number of amides is 3. The normalized spacial score (nSPS) is 15.7. The fourth-order valence-corrected chi connectivity index (χ4v) is 3.91. The van der Waals surface area contributed by atoms with E-state index < -0.39 is 12.0 Å². The van der Waals surface area contributed by atoms with Crippen molar-refractivity contribution in [1.82, 2.24) is 10.2 Å². The summed E-state index contributed by atoms with van der Waals surface area (Å²) in [6.45, 7) is 4.55. The molecule has 0 aliphatic carbocycles. The topological polar surface area (TPSA) is 97.0 Å². The van der Waals surface area contributed by atoms with Crippen LogP contribution in [0.15, 0.2) is 59.8 Å². The number of nitrogens with zero attached hydrogens (tertiary/aromatic N) is 1. The number of nitrogens with one attached hydrogen (secondary N) is 2. The third-order valence-electron chi connectivity index (χ3n) is 5.40. The van der Waals surface area contributed by atoms with Crippen molar-refractivity contribution in [2.45, 2.75) is 26.3 Å². The highest BCUT2D eigenvalue weighted by molar-refractivity contribution is 6.34. The fourth-order valence-electron chi connectivity index (χ4n) is 3.69. The molecular weight excluding hydrogens is 458 g/mol. The van der Waals surface area contributed by atoms with E-state index in [1.165, 1.54) is 7.11 Å². The minimum Gasteiger partial charge on any atom is -0.460 e. The highest BCUT2D eigenvalue weighted by Crippen LogP contribution is 2.32. The molecule has 1 heterocycles. The summed E-state index contributed by atoms with van der Waals surface area (Å²) in [5.74, 6) is -0.852. The third kappa shape index (κ3) is 5.76. The van der Waals surface area contributed by atoms with Gasteiger partial charge in [-0.25, -0.2) is 9.59 Å². The molecule has 1 unspecified atom stereocenters. The van der Waals surface area contributed by atoms with Gasteiger partial charge in [-0.05, 0) is 43.2 Å². The molecule has 3 rings (SSSR count). The highest BCUT2D eigenvalue weighted by Gasteiger charge is 2.36. The Morgan fingerprint density at radius 3 is 2.47 bits per heavy atom. The molecule has 3 amide bonds. The lowest BCUT2D eigenvalue weighted by molar-refractivity contribution is -0.140. The van der Waals surface area contributed by atoms with Crippen molar-refractivity contribution in [1.29, 1.82) is 0 Å². The van der Waals surface area contributed by atoms with Crippen LogP contribution >= 0.6 is 11.6 Å². The summed E-state index contributed by atoms with van der Waals surface area (Å²) in [6, 6.07) is 12.7. The quantitative estimate of drug-likeness (QED) is 0.401. The van der Waals surface area contributed by atoms with Gasteiger partial charge in [0.15, 0.2) is 0 Å². The Morgan fingerprint density at radius 1 is 1.12 bits per heavy atom. The first-order chi connectivity index (χ1) is 16.4. The first-order valence-electron chi connectivity index (χ1n) is 11.0. The molecule has 0 fully saturated rings. The summed E-state index contributed by atoms with van der Waals surface area (Å²) in [5.41, 5.74) is 2.50. The Balaban J connectivity index is 1.85. The number of methoxy groups -OCH3 is 1. The average Bonchev–Trinajstić information content (AvgIpc) is 2.82. The summed E-state index contributed by atoms with van der Waals surface area (Å²) in [5, 5.41) is 6.06. The van der Waals surface area contributed by atoms with Crippen LogP contribution < -0.4 is 10.6 Å². The highest BCUT2D eigenvalue weighted by atomic mass is 35.5. The number of carbonyl (C=O) groups excluding carboxylic acids is 3. The van der Waals surface area contributed by atoms with E-state index in [-0.39, 0.29) is 25.2 Å². The SMILES string of the molecule is CCCN1C(=O)NC(c2ccc(NC(=O)c3ccccc3Cl)cc2)C(C(=O)OCCOC)=C1C. The smallest absolute Gasteiger partial charge is 0.338 e. The van der Waals surface area contributed by atoms with Crippen LogP contribution in [-0.2, 0) is 14.3 Å². The molecule has 0 radical (unpaired) electrons. The van der Waals surface area contributed by atoms with E-state index in [0.717, 1.165) is 6.42 Å². The second-order valence-corrected chi connectivity index (χ2v) is 8.13. The zero-order chi connectivity index (χ0) is 24.7. The first kappa shape index (κ1) is 25.3. The van der Waals surface area contributed by atoms with Crippen molar-refractivity contribution >= 4 is 35.2 Å². The Kier molecular flexibility index (Phi) is 8.67. The number of hydrogen-bond acceptors (Lipinski definition) is 5. The van der Waals surface area contributed by atoms with E-state index in [1.807, 2.05) is 6.92 Å². The summed E-state index contributed by atoms with van der Waals surface area (Å²) < 4.78 is 10.3. The van der Waals surface area contributed by atoms with Crippen LogP contribution in [0.3, 0.4) is 0 Å². The van der Waals surface area contributed by atoms with Gasteiger partial charge >= 0.3 is 12.0 Å². The second kappa shape index (κ2) is 11.7. The number of carbonyl (C=O) groups is 3. The van der Waals surface area contributed by atoms with Crippen molar-refractivity contribution < 1.29 is 23.9 Å². The number of anilines is 1. The Bertz CT molecular complexity index is 1080. The molecule has 0 spiro atoms. The fraction of sp³-hybridized carbons (Fsp3) is 0.320. The molecule has 0 aromatic heterocycles. The number of rotatable bonds is 9. The minimum absolute atomic E-state index is 0.105. The van der Waals surface area contributed by atoms with Gasteiger partial charge in [0, 0.05) is 25.0 Å². The molecule has 2 aromatic carbocycles. The summed E-state index contributed by atoms with van der Waals surface area (Å²) in [7, 11) is 1.52. The molecule has 8 nitrogen and oxygen atoms in total. The summed E-state index contributed by atoms with van der Waals surface area (Å²) in [6.07, 6.45) is 0.737. The van der Waals surface area contributed by atoms with E-state index in [9.17, 15) is 14.4 Å². The number of esters is 1. The van der Waals surface area contributed by atoms with Crippen molar-refractivity contribution in [3.8, 4) is 0 Å². The van der Waals surface area contributed by atoms with Gasteiger partial charge in [-0.3, -0.25) is 9.69 Å². The maximum Gasteiger partial charge on any atom is 0.338 e. The molecular formula is C25H28ClN3O5. The van der Waals surface area contributed by atoms with E-state index >= 15 is 0 Å². The lowest BCUT2D eigenvalue weighted by Gasteiger charge is -2.35. The van der Waals surface area contributed by atoms with Crippen LogP contribution in [0, 0.1) is 0 Å². The molecule has 180 valence electrons. The first-order valence-corrected chi connectivity index (χ1v) is 11.4. The molecule has 2 aromatic rings. The van der Waals surface area contributed by atoms with Crippen molar-refractivity contribution in [3.05, 3.63) is 76.0 Å². The third-order valence-corrected chi connectivity index (χ3v) is 5.73. The van der Waals surface area contributed by atoms with E-state index in [1.54, 1.807) is 60.4 Å². The van der Waals surface area contributed by atoms with Crippen LogP contribution in [0.2, 0.25) is 5.02 Å². The van der Waals surface area contributed by atoms with Crippen LogP contribution in [0.5, 0.6) is 0 Å². The average molecular weight is 486 g/mol. The van der Waals surface area contributed by atoms with Gasteiger partial charge < -0.3 is 20.1 Å². The van der Waals surface area contributed by atoms with Crippen LogP contribution in [0.25, 0.3) is 0 Å². The van der Waals surface area contributed by atoms with Crippen molar-refractivity contribution in [2.24, 2.45) is 0 Å². The van der Waals surface area contributed by atoms with Gasteiger partial charge in [-0.2, -0.15) is 0 Å². The molecule has 1 aliphatic rings. The van der Waals surface area contributed by atoms with Crippen LogP contribution in [-0.4, -0.2) is 49.7 Å². The molecule has 2 N–H and O–H groups in total. The number of halogens is 1. The molecule has 9 heteroatoms. The van der Waals surface area contributed by atoms with E-state index in [0.29, 0.717) is 39.7 Å². The summed E-state index contributed by atoms with van der Waals surface area (Å²) >= 11 is 6.10. The van der Waals surface area contributed by atoms with Crippen LogP contribution in [0.4, 0.5) is 10.5 Å². The van der Waals surface area contributed by atoms with Gasteiger partial charge in [0.2, 0.25) is 0 Å². The summed E-state index contributed by atoms with van der Waals surface area (Å²) in [4.78, 5) is 39.8. The maximum atomic E-state index is 12.9. The van der Waals surface area contributed by atoms with Crippen molar-refractivity contribution in [3.63, 3.8) is 0 Å². The van der Waals surface area contributed by atoms with Gasteiger partial charge in [0.1, 0.15) is 6.61 Å². The molecule has 0 bridgehead atoms. The van der Waals surface area contributed by atoms with Gasteiger partial charge in [-0.1, -0.05) is 42.8 Å². The lowest BCUT2D eigenvalue weighted by atomic mass is 9.94. The molecule has 1 atom stereocenters. The molecule has 0 saturated carbocycles. The molecule has 1 aliphatic heterocycles. The maximum absolute atomic E-state index is 12.9. The Labute approximate surface area is 203 Å². The zero-order valence-corrected chi connectivity index (χ0v) is 20.1. The number of urea groups is 1. The lowest BCUT2D eigenvalue weighted by Crippen LogP contribution is -2.48. The zero-order valence-electron chi connectivity index (χ0n) is 19.4. The van der Waals surface area contributed by atoms with Crippen LogP contribution in [0.1, 0.15) is 42.2 Å². The molecule has 34 heavy (non-hydrogen) atoms. The number of benzene rings is 2. The largest absolute Gasteiger partial charge is 0.460 e. The Hall–Kier alpha value is -3.36. The predicted molar refractivity (Wildman–Crippen MR) is 130 cm³/mol. The Morgan fingerprint density at radius 2 is 1.82 bits per heavy atom. The van der Waals surface area contributed by atoms with E-state index in [4.69, 9.17) is 21.1 Å². The number of ether oxygens (including phenoxy) is 2. The van der Waals surface area contributed by atoms with E-state index in [2.05, 4.69) is 10.6 Å². The predicted octanol–water partition coefficient (Wildman–Crippen LogP) is 4.53. The minimum atomic E-state index is -0.691. The second-order valence-electron chi connectivity index (χ2n) is 7.72.